The van der Waals surface area contributed by atoms with E-state index in [1.807, 2.05) is 85.6 Å². The van der Waals surface area contributed by atoms with E-state index in [4.69, 9.17) is 4.74 Å². The zero-order valence-electron chi connectivity index (χ0n) is 20.2. The number of fused-ring (bicyclic) bond motifs is 2. The van der Waals surface area contributed by atoms with Crippen LogP contribution in [-0.4, -0.2) is 51.0 Å². The van der Waals surface area contributed by atoms with Crippen LogP contribution in [0.5, 0.6) is 0 Å². The maximum atomic E-state index is 13.9. The predicted molar refractivity (Wildman–Crippen MR) is 130 cm³/mol. The fourth-order valence-electron chi connectivity index (χ4n) is 5.41. The van der Waals surface area contributed by atoms with Crippen molar-refractivity contribution in [1.82, 2.24) is 14.9 Å². The fraction of sp³-hybridized carbons (Fsp3) is 0.393. The number of hydrogen-bond acceptors (Lipinski definition) is 5. The van der Waals surface area contributed by atoms with Crippen LogP contribution < -0.4 is 0 Å². The van der Waals surface area contributed by atoms with E-state index in [9.17, 15) is 14.4 Å². The van der Waals surface area contributed by atoms with E-state index in [0.29, 0.717) is 19.5 Å². The van der Waals surface area contributed by atoms with Gasteiger partial charge >= 0.3 is 6.09 Å². The van der Waals surface area contributed by atoms with Gasteiger partial charge in [0.25, 0.3) is 0 Å². The van der Waals surface area contributed by atoms with Crippen LogP contribution in [0, 0.1) is 11.8 Å². The van der Waals surface area contributed by atoms with Gasteiger partial charge in [-0.3, -0.25) is 9.59 Å². The molecule has 35 heavy (non-hydrogen) atoms. The van der Waals surface area contributed by atoms with Crippen LogP contribution >= 0.6 is 0 Å². The van der Waals surface area contributed by atoms with E-state index in [-0.39, 0.29) is 30.8 Å². The number of benzene rings is 2. The van der Waals surface area contributed by atoms with Crippen LogP contribution in [-0.2, 0) is 27.5 Å². The normalized spacial score (nSPS) is 25.2. The summed E-state index contributed by atoms with van der Waals surface area (Å²) < 4.78 is 5.58. The number of imide groups is 1. The number of hydrazine groups is 1. The lowest BCUT2D eigenvalue weighted by molar-refractivity contribution is -0.167. The van der Waals surface area contributed by atoms with Crippen molar-refractivity contribution in [1.29, 1.82) is 0 Å². The number of piperidine rings is 1. The van der Waals surface area contributed by atoms with Crippen molar-refractivity contribution >= 4 is 17.9 Å². The van der Waals surface area contributed by atoms with Crippen molar-refractivity contribution in [2.45, 2.75) is 51.4 Å². The van der Waals surface area contributed by atoms with Gasteiger partial charge in [0.15, 0.2) is 0 Å². The zero-order valence-corrected chi connectivity index (χ0v) is 20.2. The highest BCUT2D eigenvalue weighted by molar-refractivity contribution is 5.98. The van der Waals surface area contributed by atoms with Gasteiger partial charge in [-0.1, -0.05) is 72.8 Å². The maximum absolute atomic E-state index is 13.9. The van der Waals surface area contributed by atoms with Gasteiger partial charge in [0.2, 0.25) is 11.8 Å². The molecule has 0 unspecified atom stereocenters. The summed E-state index contributed by atoms with van der Waals surface area (Å²) in [6.45, 7) is 5.14. The molecule has 3 atom stereocenters. The van der Waals surface area contributed by atoms with E-state index in [1.54, 1.807) is 4.90 Å². The third-order valence-corrected chi connectivity index (χ3v) is 7.24. The standard InChI is InChI=1S/C28H31N3O4/c1-28(2)16-25(32)31(30(28)18-20-9-5-3-6-10-20)26(33)23-15-22-13-14-24(23)29(17-22)27(34)35-19-21-11-7-4-8-12-21/h3-14,22-24H,15-19H2,1-2H3/t22-,23+,24+/m1/s1. The van der Waals surface area contributed by atoms with Crippen molar-refractivity contribution in [2.24, 2.45) is 11.8 Å². The number of rotatable bonds is 5. The number of ether oxygens (including phenoxy) is 1. The van der Waals surface area contributed by atoms with Crippen LogP contribution in [0.4, 0.5) is 4.79 Å². The largest absolute Gasteiger partial charge is 0.445 e. The van der Waals surface area contributed by atoms with Crippen LogP contribution in [0.3, 0.4) is 0 Å². The van der Waals surface area contributed by atoms with Gasteiger partial charge in [0.05, 0.1) is 12.0 Å². The van der Waals surface area contributed by atoms with E-state index in [2.05, 4.69) is 6.08 Å². The second kappa shape index (κ2) is 9.30. The summed E-state index contributed by atoms with van der Waals surface area (Å²) in [4.78, 5) is 41.6. The molecule has 2 aromatic carbocycles. The molecular formula is C28H31N3O4. The van der Waals surface area contributed by atoms with Gasteiger partial charge in [-0.05, 0) is 37.3 Å². The van der Waals surface area contributed by atoms with Gasteiger partial charge in [0.1, 0.15) is 6.61 Å². The summed E-state index contributed by atoms with van der Waals surface area (Å²) in [7, 11) is 0. The average Bonchev–Trinajstić information content (AvgIpc) is 3.10. The Morgan fingerprint density at radius 3 is 2.29 bits per heavy atom. The molecule has 0 spiro atoms. The number of hydrogen-bond donors (Lipinski definition) is 0. The lowest BCUT2D eigenvalue weighted by Crippen LogP contribution is -2.59. The van der Waals surface area contributed by atoms with Gasteiger partial charge in [-0.25, -0.2) is 14.8 Å². The Labute approximate surface area is 205 Å². The molecule has 6 rings (SSSR count). The summed E-state index contributed by atoms with van der Waals surface area (Å²) in [5, 5.41) is 3.23. The van der Waals surface area contributed by atoms with Crippen LogP contribution in [0.1, 0.15) is 37.8 Å². The number of carbonyl (C=O) groups excluding carboxylic acids is 3. The highest BCUT2D eigenvalue weighted by Crippen LogP contribution is 2.39. The third kappa shape index (κ3) is 4.60. The highest BCUT2D eigenvalue weighted by Gasteiger charge is 2.52. The van der Waals surface area contributed by atoms with Crippen molar-refractivity contribution < 1.29 is 19.1 Å². The third-order valence-electron chi connectivity index (χ3n) is 7.24. The molecule has 182 valence electrons. The van der Waals surface area contributed by atoms with E-state index < -0.39 is 23.6 Å². The molecule has 4 aliphatic rings. The van der Waals surface area contributed by atoms with E-state index >= 15 is 0 Å². The number of amides is 3. The SMILES string of the molecule is CC1(C)CC(=O)N(C(=O)[C@H]2C[C@H]3C=C[C@@H]2N(C(=O)OCc2ccccc2)C3)N1Cc1ccccc1. The molecule has 0 saturated carbocycles. The Morgan fingerprint density at radius 1 is 0.971 bits per heavy atom. The first-order valence-electron chi connectivity index (χ1n) is 12.2. The summed E-state index contributed by atoms with van der Waals surface area (Å²) in [6.07, 6.45) is 4.46. The Hall–Kier alpha value is -3.45. The summed E-state index contributed by atoms with van der Waals surface area (Å²) in [5.74, 6) is -0.860. The molecule has 1 aliphatic carbocycles. The van der Waals surface area contributed by atoms with Crippen LogP contribution in [0.2, 0.25) is 0 Å². The Morgan fingerprint density at radius 2 is 1.63 bits per heavy atom. The smallest absolute Gasteiger partial charge is 0.410 e. The minimum absolute atomic E-state index is 0.0616. The second-order valence-corrected chi connectivity index (χ2v) is 10.2. The number of nitrogens with zero attached hydrogens (tertiary/aromatic N) is 3. The zero-order chi connectivity index (χ0) is 24.6. The summed E-state index contributed by atoms with van der Waals surface area (Å²) in [5.41, 5.74) is 1.46. The quantitative estimate of drug-likeness (QED) is 0.482. The Balaban J connectivity index is 1.34. The molecular weight excluding hydrogens is 442 g/mol. The maximum Gasteiger partial charge on any atom is 0.410 e. The first-order valence-corrected chi connectivity index (χ1v) is 12.2. The van der Waals surface area contributed by atoms with Gasteiger partial charge in [0, 0.05) is 25.0 Å². The molecule has 0 N–H and O–H groups in total. The minimum atomic E-state index is -0.487. The summed E-state index contributed by atoms with van der Waals surface area (Å²) >= 11 is 0. The Bertz CT molecular complexity index is 1130. The second-order valence-electron chi connectivity index (χ2n) is 10.2. The first-order chi connectivity index (χ1) is 16.8. The predicted octanol–water partition coefficient (Wildman–Crippen LogP) is 4.15. The minimum Gasteiger partial charge on any atom is -0.445 e. The van der Waals surface area contributed by atoms with Crippen molar-refractivity contribution in [2.75, 3.05) is 6.54 Å². The molecule has 2 fully saturated rings. The lowest BCUT2D eigenvalue weighted by Gasteiger charge is -2.46. The van der Waals surface area contributed by atoms with Crippen molar-refractivity contribution in [3.05, 3.63) is 83.9 Å². The average molecular weight is 474 g/mol. The summed E-state index contributed by atoms with van der Waals surface area (Å²) in [6, 6.07) is 19.0. The fourth-order valence-corrected chi connectivity index (χ4v) is 5.41. The molecule has 2 aromatic rings. The molecule has 7 nitrogen and oxygen atoms in total. The van der Waals surface area contributed by atoms with Crippen molar-refractivity contribution in [3.8, 4) is 0 Å². The first kappa shape index (κ1) is 23.3. The molecule has 0 aromatic heterocycles. The molecule has 3 aliphatic heterocycles. The Kier molecular flexibility index (Phi) is 6.19. The van der Waals surface area contributed by atoms with E-state index in [0.717, 1.165) is 11.1 Å². The molecule has 3 heterocycles. The highest BCUT2D eigenvalue weighted by atomic mass is 16.6. The van der Waals surface area contributed by atoms with Crippen LogP contribution in [0.25, 0.3) is 0 Å². The molecule has 2 bridgehead atoms. The topological polar surface area (TPSA) is 70.2 Å². The monoisotopic (exact) mass is 473 g/mol. The molecule has 3 amide bonds. The van der Waals surface area contributed by atoms with Crippen molar-refractivity contribution in [3.63, 3.8) is 0 Å². The molecule has 7 heteroatoms. The molecule has 2 saturated heterocycles. The van der Waals surface area contributed by atoms with Gasteiger partial charge < -0.3 is 9.64 Å². The van der Waals surface area contributed by atoms with Gasteiger partial charge in [-0.2, -0.15) is 0 Å². The van der Waals surface area contributed by atoms with Crippen LogP contribution in [0.15, 0.2) is 72.8 Å². The lowest BCUT2D eigenvalue weighted by atomic mass is 9.77. The van der Waals surface area contributed by atoms with E-state index in [1.165, 1.54) is 5.01 Å². The number of carbonyl (C=O) groups is 3. The molecule has 0 radical (unpaired) electrons. The van der Waals surface area contributed by atoms with Gasteiger partial charge in [-0.15, -0.1) is 0 Å².